The second-order valence-electron chi connectivity index (χ2n) is 5.11. The van der Waals surface area contributed by atoms with Gasteiger partial charge in [-0.2, -0.15) is 0 Å². The SMILES string of the molecule is CC(C)CC(CNC(=O)c1ccc(Br)cc1N)C(=O)O. The lowest BCUT2D eigenvalue weighted by molar-refractivity contribution is -0.142. The van der Waals surface area contributed by atoms with Gasteiger partial charge in [0.05, 0.1) is 11.5 Å². The lowest BCUT2D eigenvalue weighted by atomic mass is 9.97. The minimum atomic E-state index is -0.900. The fourth-order valence-electron chi connectivity index (χ4n) is 1.89. The minimum absolute atomic E-state index is 0.0991. The average Bonchev–Trinajstić information content (AvgIpc) is 2.33. The van der Waals surface area contributed by atoms with Crippen molar-refractivity contribution in [1.29, 1.82) is 0 Å². The number of anilines is 1. The van der Waals surface area contributed by atoms with Crippen LogP contribution in [0.4, 0.5) is 5.69 Å². The number of aliphatic carboxylic acids is 1. The smallest absolute Gasteiger partial charge is 0.308 e. The molecule has 0 bridgehead atoms. The lowest BCUT2D eigenvalue weighted by Gasteiger charge is -2.15. The van der Waals surface area contributed by atoms with Crippen molar-refractivity contribution in [3.63, 3.8) is 0 Å². The first-order valence-corrected chi connectivity index (χ1v) is 7.16. The second-order valence-corrected chi connectivity index (χ2v) is 6.02. The molecule has 1 rings (SSSR count). The lowest BCUT2D eigenvalue weighted by Crippen LogP contribution is -2.34. The summed E-state index contributed by atoms with van der Waals surface area (Å²) in [4.78, 5) is 23.1. The summed E-state index contributed by atoms with van der Waals surface area (Å²) in [5, 5.41) is 11.7. The summed E-state index contributed by atoms with van der Waals surface area (Å²) in [6.07, 6.45) is 0.519. The standard InChI is InChI=1S/C14H19BrN2O3/c1-8(2)5-9(14(19)20)7-17-13(18)11-4-3-10(15)6-12(11)16/h3-4,6,8-9H,5,7,16H2,1-2H3,(H,17,18)(H,19,20). The van der Waals surface area contributed by atoms with E-state index in [1.165, 1.54) is 0 Å². The Balaban J connectivity index is 2.68. The van der Waals surface area contributed by atoms with Crippen molar-refractivity contribution in [3.8, 4) is 0 Å². The van der Waals surface area contributed by atoms with Gasteiger partial charge in [-0.3, -0.25) is 9.59 Å². The first kappa shape index (κ1) is 16.5. The Bertz CT molecular complexity index is 503. The predicted molar refractivity (Wildman–Crippen MR) is 81.5 cm³/mol. The van der Waals surface area contributed by atoms with Crippen molar-refractivity contribution in [3.05, 3.63) is 28.2 Å². The third kappa shape index (κ3) is 4.85. The molecule has 0 aliphatic heterocycles. The first-order chi connectivity index (χ1) is 9.31. The van der Waals surface area contributed by atoms with Gasteiger partial charge in [0.25, 0.3) is 5.91 Å². The van der Waals surface area contributed by atoms with Gasteiger partial charge in [-0.15, -0.1) is 0 Å². The summed E-state index contributed by atoms with van der Waals surface area (Å²) in [5.74, 6) is -1.59. The molecule has 20 heavy (non-hydrogen) atoms. The van der Waals surface area contributed by atoms with Crippen molar-refractivity contribution in [2.75, 3.05) is 12.3 Å². The maximum Gasteiger partial charge on any atom is 0.308 e. The van der Waals surface area contributed by atoms with E-state index in [2.05, 4.69) is 21.2 Å². The number of nitrogen functional groups attached to an aromatic ring is 1. The van der Waals surface area contributed by atoms with Crippen LogP contribution >= 0.6 is 15.9 Å². The molecule has 5 nitrogen and oxygen atoms in total. The molecule has 1 unspecified atom stereocenters. The molecule has 1 aromatic carbocycles. The second kappa shape index (κ2) is 7.28. The van der Waals surface area contributed by atoms with Crippen LogP contribution in [0.5, 0.6) is 0 Å². The zero-order valence-corrected chi connectivity index (χ0v) is 13.1. The van der Waals surface area contributed by atoms with Crippen LogP contribution in [0.3, 0.4) is 0 Å². The van der Waals surface area contributed by atoms with Gasteiger partial charge in [0.15, 0.2) is 0 Å². The zero-order chi connectivity index (χ0) is 15.3. The molecule has 1 atom stereocenters. The Morgan fingerprint density at radius 3 is 2.55 bits per heavy atom. The topological polar surface area (TPSA) is 92.4 Å². The number of carbonyl (C=O) groups is 2. The normalized spacial score (nSPS) is 12.2. The van der Waals surface area contributed by atoms with E-state index in [4.69, 9.17) is 10.8 Å². The predicted octanol–water partition coefficient (Wildman–Crippen LogP) is 2.51. The number of hydrogen-bond acceptors (Lipinski definition) is 3. The van der Waals surface area contributed by atoms with E-state index in [9.17, 15) is 9.59 Å². The third-order valence-corrected chi connectivity index (χ3v) is 3.37. The fraction of sp³-hybridized carbons (Fsp3) is 0.429. The number of hydrogen-bond donors (Lipinski definition) is 3. The molecular formula is C14H19BrN2O3. The molecule has 6 heteroatoms. The van der Waals surface area contributed by atoms with Crippen LogP contribution in [0.25, 0.3) is 0 Å². The average molecular weight is 343 g/mol. The van der Waals surface area contributed by atoms with E-state index >= 15 is 0 Å². The summed E-state index contributed by atoms with van der Waals surface area (Å²) in [7, 11) is 0. The molecule has 0 saturated heterocycles. The highest BCUT2D eigenvalue weighted by atomic mass is 79.9. The Morgan fingerprint density at radius 2 is 2.05 bits per heavy atom. The number of nitrogens with two attached hydrogens (primary N) is 1. The summed E-state index contributed by atoms with van der Waals surface area (Å²) < 4.78 is 0.787. The molecule has 0 heterocycles. The number of carbonyl (C=O) groups excluding carboxylic acids is 1. The van der Waals surface area contributed by atoms with E-state index in [1.807, 2.05) is 13.8 Å². The highest BCUT2D eigenvalue weighted by Crippen LogP contribution is 2.18. The number of rotatable bonds is 6. The minimum Gasteiger partial charge on any atom is -0.481 e. The van der Waals surface area contributed by atoms with Gasteiger partial charge >= 0.3 is 5.97 Å². The number of carboxylic acid groups (broad SMARTS) is 1. The Morgan fingerprint density at radius 1 is 1.40 bits per heavy atom. The van der Waals surface area contributed by atoms with Gasteiger partial charge in [-0.05, 0) is 30.5 Å². The summed E-state index contributed by atoms with van der Waals surface area (Å²) in [6.45, 7) is 4.00. The van der Waals surface area contributed by atoms with E-state index < -0.39 is 11.9 Å². The van der Waals surface area contributed by atoms with Gasteiger partial charge in [0.1, 0.15) is 0 Å². The number of benzene rings is 1. The van der Waals surface area contributed by atoms with Crippen molar-refractivity contribution in [2.45, 2.75) is 20.3 Å². The maximum atomic E-state index is 12.0. The number of amides is 1. The van der Waals surface area contributed by atoms with Gasteiger partial charge in [0.2, 0.25) is 0 Å². The molecule has 0 aliphatic rings. The van der Waals surface area contributed by atoms with Gasteiger partial charge in [0, 0.05) is 16.7 Å². The van der Waals surface area contributed by atoms with Gasteiger partial charge in [-0.1, -0.05) is 29.8 Å². The van der Waals surface area contributed by atoms with E-state index in [1.54, 1.807) is 18.2 Å². The largest absolute Gasteiger partial charge is 0.481 e. The monoisotopic (exact) mass is 342 g/mol. The van der Waals surface area contributed by atoms with Crippen molar-refractivity contribution in [1.82, 2.24) is 5.32 Å². The van der Waals surface area contributed by atoms with Crippen LogP contribution in [0.1, 0.15) is 30.6 Å². The molecule has 0 fully saturated rings. The summed E-state index contributed by atoms with van der Waals surface area (Å²) in [5.41, 5.74) is 6.47. The van der Waals surface area contributed by atoms with Crippen LogP contribution in [0, 0.1) is 11.8 Å². The van der Waals surface area contributed by atoms with Crippen LogP contribution in [-0.4, -0.2) is 23.5 Å². The third-order valence-electron chi connectivity index (χ3n) is 2.87. The number of nitrogens with one attached hydrogen (secondary N) is 1. The van der Waals surface area contributed by atoms with Crippen LogP contribution in [-0.2, 0) is 4.79 Å². The van der Waals surface area contributed by atoms with Crippen molar-refractivity contribution >= 4 is 33.5 Å². The van der Waals surface area contributed by atoms with Crippen molar-refractivity contribution in [2.24, 2.45) is 11.8 Å². The molecule has 0 spiro atoms. The highest BCUT2D eigenvalue weighted by molar-refractivity contribution is 9.10. The van der Waals surface area contributed by atoms with Crippen LogP contribution < -0.4 is 11.1 Å². The molecule has 1 amide bonds. The molecule has 1 aromatic rings. The Kier molecular flexibility index (Phi) is 6.01. The Labute approximate surface area is 126 Å². The molecule has 4 N–H and O–H groups in total. The van der Waals surface area contributed by atoms with Crippen molar-refractivity contribution < 1.29 is 14.7 Å². The molecular weight excluding hydrogens is 324 g/mol. The van der Waals surface area contributed by atoms with E-state index in [0.717, 1.165) is 4.47 Å². The first-order valence-electron chi connectivity index (χ1n) is 6.37. The number of carboxylic acids is 1. The maximum absolute atomic E-state index is 12.0. The molecule has 110 valence electrons. The molecule has 0 radical (unpaired) electrons. The van der Waals surface area contributed by atoms with Gasteiger partial charge < -0.3 is 16.2 Å². The van der Waals surface area contributed by atoms with Crippen LogP contribution in [0.2, 0.25) is 0 Å². The Hall–Kier alpha value is -1.56. The molecule has 0 saturated carbocycles. The fourth-order valence-corrected chi connectivity index (χ4v) is 2.27. The summed E-state index contributed by atoms with van der Waals surface area (Å²) in [6, 6.07) is 4.96. The molecule has 0 aliphatic carbocycles. The van der Waals surface area contributed by atoms with E-state index in [-0.39, 0.29) is 18.4 Å². The van der Waals surface area contributed by atoms with Gasteiger partial charge in [-0.25, -0.2) is 0 Å². The quantitative estimate of drug-likeness (QED) is 0.692. The molecule has 0 aromatic heterocycles. The summed E-state index contributed by atoms with van der Waals surface area (Å²) >= 11 is 3.26. The van der Waals surface area contributed by atoms with E-state index in [0.29, 0.717) is 17.7 Å². The number of halogens is 1. The van der Waals surface area contributed by atoms with Crippen LogP contribution in [0.15, 0.2) is 22.7 Å². The highest BCUT2D eigenvalue weighted by Gasteiger charge is 2.20. The zero-order valence-electron chi connectivity index (χ0n) is 11.5.